The maximum Gasteiger partial charge on any atom is 0.154 e. The molecule has 1 heterocycles. The van der Waals surface area contributed by atoms with Gasteiger partial charge in [-0.05, 0) is 25.7 Å². The molecule has 2 fully saturated rings. The van der Waals surface area contributed by atoms with E-state index in [4.69, 9.17) is 5.73 Å². The zero-order valence-electron chi connectivity index (χ0n) is 9.24. The van der Waals surface area contributed by atoms with Crippen molar-refractivity contribution in [3.63, 3.8) is 0 Å². The molecule has 0 atom stereocenters. The predicted molar refractivity (Wildman–Crippen MR) is 57.3 cm³/mol. The van der Waals surface area contributed by atoms with Crippen molar-refractivity contribution in [2.75, 3.05) is 0 Å². The molecule has 3 rings (SSSR count). The molecular formula is C11H18N4. The lowest BCUT2D eigenvalue weighted by molar-refractivity contribution is 0.410. The number of nitrogens with two attached hydrogens (primary N) is 1. The van der Waals surface area contributed by atoms with E-state index in [9.17, 15) is 0 Å². The number of hydrogen-bond acceptors (Lipinski definition) is 3. The van der Waals surface area contributed by atoms with Crippen molar-refractivity contribution >= 4 is 0 Å². The summed E-state index contributed by atoms with van der Waals surface area (Å²) in [6.45, 7) is 0. The summed E-state index contributed by atoms with van der Waals surface area (Å²) >= 11 is 0. The van der Waals surface area contributed by atoms with Crippen LogP contribution < -0.4 is 5.73 Å². The molecule has 4 heteroatoms. The molecule has 0 radical (unpaired) electrons. The highest BCUT2D eigenvalue weighted by Gasteiger charge is 2.37. The third-order valence-corrected chi connectivity index (χ3v) is 3.66. The standard InChI is InChI=1S/C11H18N4/c1-15-10(11(12)6-2-3-7-11)13-9(14-15)8-4-5-8/h8H,2-7,12H2,1H3. The fourth-order valence-electron chi connectivity index (χ4n) is 2.58. The van der Waals surface area contributed by atoms with E-state index >= 15 is 0 Å². The van der Waals surface area contributed by atoms with Gasteiger partial charge in [-0.2, -0.15) is 5.10 Å². The molecule has 0 saturated heterocycles. The van der Waals surface area contributed by atoms with Crippen molar-refractivity contribution in [2.24, 2.45) is 12.8 Å². The molecule has 0 unspecified atom stereocenters. The largest absolute Gasteiger partial charge is 0.319 e. The Morgan fingerprint density at radius 2 is 2.00 bits per heavy atom. The lowest BCUT2D eigenvalue weighted by atomic mass is 9.98. The first kappa shape index (κ1) is 9.33. The van der Waals surface area contributed by atoms with Gasteiger partial charge >= 0.3 is 0 Å². The minimum absolute atomic E-state index is 0.200. The maximum atomic E-state index is 6.39. The van der Waals surface area contributed by atoms with E-state index in [-0.39, 0.29) is 5.54 Å². The molecular weight excluding hydrogens is 188 g/mol. The van der Waals surface area contributed by atoms with Crippen molar-refractivity contribution in [3.8, 4) is 0 Å². The second-order valence-corrected chi connectivity index (χ2v) is 5.05. The van der Waals surface area contributed by atoms with Crippen LogP contribution >= 0.6 is 0 Å². The third-order valence-electron chi connectivity index (χ3n) is 3.66. The first-order chi connectivity index (χ1) is 7.19. The Kier molecular flexibility index (Phi) is 1.89. The van der Waals surface area contributed by atoms with Gasteiger partial charge in [-0.25, -0.2) is 4.98 Å². The Morgan fingerprint density at radius 3 is 2.60 bits per heavy atom. The van der Waals surface area contributed by atoms with Crippen LogP contribution in [0.25, 0.3) is 0 Å². The second kappa shape index (κ2) is 3.04. The summed E-state index contributed by atoms with van der Waals surface area (Å²) in [5.74, 6) is 2.64. The maximum absolute atomic E-state index is 6.39. The van der Waals surface area contributed by atoms with Gasteiger partial charge in [-0.3, -0.25) is 4.68 Å². The fourth-order valence-corrected chi connectivity index (χ4v) is 2.58. The Morgan fingerprint density at radius 1 is 1.33 bits per heavy atom. The monoisotopic (exact) mass is 206 g/mol. The van der Waals surface area contributed by atoms with E-state index in [1.54, 1.807) is 0 Å². The third kappa shape index (κ3) is 1.47. The molecule has 15 heavy (non-hydrogen) atoms. The summed E-state index contributed by atoms with van der Waals surface area (Å²) < 4.78 is 1.90. The molecule has 1 aromatic heterocycles. The molecule has 0 aromatic carbocycles. The van der Waals surface area contributed by atoms with E-state index in [0.29, 0.717) is 5.92 Å². The molecule has 2 aliphatic carbocycles. The normalized spacial score (nSPS) is 24.7. The van der Waals surface area contributed by atoms with Crippen molar-refractivity contribution < 1.29 is 0 Å². The summed E-state index contributed by atoms with van der Waals surface area (Å²) in [7, 11) is 1.97. The van der Waals surface area contributed by atoms with Gasteiger partial charge in [-0.1, -0.05) is 12.8 Å². The Bertz CT molecular complexity index is 372. The zero-order chi connectivity index (χ0) is 10.5. The molecule has 2 N–H and O–H groups in total. The van der Waals surface area contributed by atoms with Crippen LogP contribution in [0.2, 0.25) is 0 Å². The number of aryl methyl sites for hydroxylation is 1. The van der Waals surface area contributed by atoms with E-state index < -0.39 is 0 Å². The average Bonchev–Trinajstić information content (AvgIpc) is 2.85. The van der Waals surface area contributed by atoms with E-state index in [1.165, 1.54) is 25.7 Å². The lowest BCUT2D eigenvalue weighted by Gasteiger charge is -2.21. The molecule has 2 saturated carbocycles. The lowest BCUT2D eigenvalue weighted by Crippen LogP contribution is -2.36. The van der Waals surface area contributed by atoms with Crippen LogP contribution in [-0.4, -0.2) is 14.8 Å². The number of rotatable bonds is 2. The summed E-state index contributed by atoms with van der Waals surface area (Å²) in [6, 6.07) is 0. The minimum atomic E-state index is -0.200. The molecule has 2 aliphatic rings. The number of hydrogen-bond donors (Lipinski definition) is 1. The summed E-state index contributed by atoms with van der Waals surface area (Å²) in [5, 5.41) is 4.49. The first-order valence-corrected chi connectivity index (χ1v) is 5.89. The van der Waals surface area contributed by atoms with Crippen LogP contribution in [0.5, 0.6) is 0 Å². The highest BCUT2D eigenvalue weighted by molar-refractivity contribution is 5.13. The average molecular weight is 206 g/mol. The number of aromatic nitrogens is 3. The zero-order valence-corrected chi connectivity index (χ0v) is 9.24. The molecule has 1 aromatic rings. The van der Waals surface area contributed by atoms with E-state index in [0.717, 1.165) is 24.5 Å². The number of nitrogens with zero attached hydrogens (tertiary/aromatic N) is 3. The minimum Gasteiger partial charge on any atom is -0.319 e. The smallest absolute Gasteiger partial charge is 0.154 e. The molecule has 0 amide bonds. The Labute approximate surface area is 89.9 Å². The Hall–Kier alpha value is -0.900. The second-order valence-electron chi connectivity index (χ2n) is 5.05. The van der Waals surface area contributed by atoms with Crippen molar-refractivity contribution in [1.82, 2.24) is 14.8 Å². The Balaban J connectivity index is 1.95. The van der Waals surface area contributed by atoms with Gasteiger partial charge < -0.3 is 5.73 Å². The van der Waals surface area contributed by atoms with E-state index in [1.807, 2.05) is 11.7 Å². The quantitative estimate of drug-likeness (QED) is 0.796. The van der Waals surface area contributed by atoms with Gasteiger partial charge in [0.2, 0.25) is 0 Å². The van der Waals surface area contributed by atoms with E-state index in [2.05, 4.69) is 10.1 Å². The van der Waals surface area contributed by atoms with Crippen molar-refractivity contribution in [2.45, 2.75) is 50.0 Å². The van der Waals surface area contributed by atoms with Crippen LogP contribution in [0.3, 0.4) is 0 Å². The topological polar surface area (TPSA) is 56.7 Å². The van der Waals surface area contributed by atoms with Gasteiger partial charge in [-0.15, -0.1) is 0 Å². The molecule has 4 nitrogen and oxygen atoms in total. The highest BCUT2D eigenvalue weighted by atomic mass is 15.3. The van der Waals surface area contributed by atoms with Gasteiger partial charge in [0.15, 0.2) is 5.82 Å². The van der Waals surface area contributed by atoms with Gasteiger partial charge in [0, 0.05) is 13.0 Å². The molecule has 0 spiro atoms. The van der Waals surface area contributed by atoms with Gasteiger partial charge in [0.1, 0.15) is 5.82 Å². The summed E-state index contributed by atoms with van der Waals surface area (Å²) in [6.07, 6.45) is 7.07. The first-order valence-electron chi connectivity index (χ1n) is 5.89. The molecule has 82 valence electrons. The van der Waals surface area contributed by atoms with Crippen LogP contribution in [0, 0.1) is 0 Å². The van der Waals surface area contributed by atoms with Crippen LogP contribution in [0.1, 0.15) is 56.1 Å². The van der Waals surface area contributed by atoms with Crippen LogP contribution in [-0.2, 0) is 12.6 Å². The van der Waals surface area contributed by atoms with Crippen molar-refractivity contribution in [3.05, 3.63) is 11.6 Å². The molecule has 0 bridgehead atoms. The van der Waals surface area contributed by atoms with Gasteiger partial charge in [0.25, 0.3) is 0 Å². The highest BCUT2D eigenvalue weighted by Crippen LogP contribution is 2.40. The van der Waals surface area contributed by atoms with Gasteiger partial charge in [0.05, 0.1) is 5.54 Å². The van der Waals surface area contributed by atoms with Crippen LogP contribution in [0.4, 0.5) is 0 Å². The summed E-state index contributed by atoms with van der Waals surface area (Å²) in [4.78, 5) is 4.65. The fraction of sp³-hybridized carbons (Fsp3) is 0.818. The van der Waals surface area contributed by atoms with Crippen molar-refractivity contribution in [1.29, 1.82) is 0 Å². The summed E-state index contributed by atoms with van der Waals surface area (Å²) in [5.41, 5.74) is 6.19. The van der Waals surface area contributed by atoms with Crippen LogP contribution in [0.15, 0.2) is 0 Å². The molecule has 0 aliphatic heterocycles. The predicted octanol–water partition coefficient (Wildman–Crippen LogP) is 1.42. The SMILES string of the molecule is Cn1nc(C2CC2)nc1C1(N)CCCC1.